The number of carbonyl (C=O) groups is 1. The van der Waals surface area contributed by atoms with E-state index in [0.717, 1.165) is 29.1 Å². The number of hydrogen-bond acceptors (Lipinski definition) is 3. The first-order valence-corrected chi connectivity index (χ1v) is 15.2. The normalized spacial score (nSPS) is 11.2. The minimum Gasteiger partial charge on any atom is -0.462 e. The molecule has 212 valence electrons. The van der Waals surface area contributed by atoms with Gasteiger partial charge < -0.3 is 5.11 Å². The van der Waals surface area contributed by atoms with Crippen LogP contribution in [0.5, 0.6) is 0 Å². The highest BCUT2D eigenvalue weighted by molar-refractivity contribution is 5.62. The number of carboxylic acid groups (broad SMARTS) is 1. The fourth-order valence-electron chi connectivity index (χ4n) is 4.83. The van der Waals surface area contributed by atoms with Crippen LogP contribution >= 0.6 is 0 Å². The van der Waals surface area contributed by atoms with Crippen molar-refractivity contribution in [1.29, 1.82) is 0 Å². The lowest BCUT2D eigenvalue weighted by atomic mass is 10.0. The number of amides is 1. The average molecular weight is 525 g/mol. The van der Waals surface area contributed by atoms with Crippen molar-refractivity contribution >= 4 is 6.09 Å². The smallest absolute Gasteiger partial charge is 0.447 e. The third-order valence-corrected chi connectivity index (χ3v) is 7.05. The summed E-state index contributed by atoms with van der Waals surface area (Å²) in [5.41, 5.74) is 2.08. The molecule has 5 nitrogen and oxygen atoms in total. The summed E-state index contributed by atoms with van der Waals surface area (Å²) in [6, 6.07) is 19.8. The molecule has 2 rings (SSSR count). The van der Waals surface area contributed by atoms with Crippen molar-refractivity contribution in [2.45, 2.75) is 123 Å². The van der Waals surface area contributed by atoms with Crippen LogP contribution in [-0.2, 0) is 17.9 Å². The van der Waals surface area contributed by atoms with E-state index in [1.807, 2.05) is 60.7 Å². The third-order valence-electron chi connectivity index (χ3n) is 7.05. The van der Waals surface area contributed by atoms with Crippen LogP contribution in [-0.4, -0.2) is 28.0 Å². The summed E-state index contributed by atoms with van der Waals surface area (Å²) >= 11 is 0. The lowest BCUT2D eigenvalue weighted by molar-refractivity contribution is -0.260. The molecule has 0 saturated carbocycles. The van der Waals surface area contributed by atoms with E-state index in [0.29, 0.717) is 19.7 Å². The van der Waals surface area contributed by atoms with Gasteiger partial charge >= 0.3 is 6.09 Å². The molecule has 0 fully saturated rings. The second-order valence-electron chi connectivity index (χ2n) is 10.5. The van der Waals surface area contributed by atoms with Gasteiger partial charge in [0.05, 0.1) is 6.61 Å². The predicted molar refractivity (Wildman–Crippen MR) is 157 cm³/mol. The van der Waals surface area contributed by atoms with Crippen LogP contribution in [0.1, 0.15) is 121 Å². The quantitative estimate of drug-likeness (QED) is 0.116. The second-order valence-corrected chi connectivity index (χ2v) is 10.5. The summed E-state index contributed by atoms with van der Waals surface area (Å²) < 4.78 is 0. The maximum absolute atomic E-state index is 12.1. The van der Waals surface area contributed by atoms with Crippen LogP contribution in [0.15, 0.2) is 60.7 Å². The van der Waals surface area contributed by atoms with Gasteiger partial charge in [-0.3, -0.25) is 4.84 Å². The first-order valence-electron chi connectivity index (χ1n) is 15.2. The van der Waals surface area contributed by atoms with Crippen molar-refractivity contribution in [3.05, 3.63) is 71.8 Å². The van der Waals surface area contributed by atoms with E-state index >= 15 is 0 Å². The van der Waals surface area contributed by atoms with Gasteiger partial charge in [-0.1, -0.05) is 164 Å². The van der Waals surface area contributed by atoms with Crippen LogP contribution in [0.3, 0.4) is 0 Å². The topological polar surface area (TPSA) is 53.0 Å². The zero-order valence-corrected chi connectivity index (χ0v) is 23.9. The van der Waals surface area contributed by atoms with E-state index in [9.17, 15) is 9.90 Å². The Balaban J connectivity index is 1.58. The molecule has 1 amide bonds. The monoisotopic (exact) mass is 524 g/mol. The Kier molecular flexibility index (Phi) is 18.1. The maximum atomic E-state index is 12.1. The molecule has 0 heterocycles. The summed E-state index contributed by atoms with van der Waals surface area (Å²) in [6.07, 6.45) is 19.9. The molecule has 0 atom stereocenters. The Bertz CT molecular complexity index is 774. The van der Waals surface area contributed by atoms with E-state index in [4.69, 9.17) is 4.84 Å². The molecule has 0 aliphatic carbocycles. The largest absolute Gasteiger partial charge is 0.462 e. The lowest BCUT2D eigenvalue weighted by Gasteiger charge is -2.31. The number of benzene rings is 2. The standard InChI is InChI=1S/C33H52N2O3/c1-2-3-4-5-6-7-8-9-10-11-12-13-14-15-16-23-28-38-35(33(36)37)34(29-31-24-19-17-20-25-31)30-32-26-21-18-22-27-32/h17-22,24-27H,2-16,23,28-30H2,1H3,(H,36,37). The molecule has 0 spiro atoms. The number of nitrogens with zero attached hydrogens (tertiary/aromatic N) is 2. The molecule has 2 aromatic carbocycles. The highest BCUT2D eigenvalue weighted by Crippen LogP contribution is 2.16. The van der Waals surface area contributed by atoms with Crippen LogP contribution < -0.4 is 0 Å². The van der Waals surface area contributed by atoms with Gasteiger partial charge in [0.15, 0.2) is 0 Å². The van der Waals surface area contributed by atoms with Crippen molar-refractivity contribution in [2.75, 3.05) is 6.61 Å². The van der Waals surface area contributed by atoms with Crippen molar-refractivity contribution in [2.24, 2.45) is 0 Å². The molecule has 2 aromatic rings. The zero-order chi connectivity index (χ0) is 27.1. The molecule has 0 radical (unpaired) electrons. The summed E-state index contributed by atoms with van der Waals surface area (Å²) in [4.78, 5) is 17.9. The van der Waals surface area contributed by atoms with Crippen molar-refractivity contribution < 1.29 is 14.7 Å². The summed E-state index contributed by atoms with van der Waals surface area (Å²) in [5, 5.41) is 12.7. The summed E-state index contributed by atoms with van der Waals surface area (Å²) in [7, 11) is 0. The lowest BCUT2D eigenvalue weighted by Crippen LogP contribution is -2.45. The molecular formula is C33H52N2O3. The van der Waals surface area contributed by atoms with Gasteiger partial charge in [0, 0.05) is 13.1 Å². The van der Waals surface area contributed by atoms with Crippen LogP contribution in [0.25, 0.3) is 0 Å². The van der Waals surface area contributed by atoms with Crippen molar-refractivity contribution in [1.82, 2.24) is 10.2 Å². The van der Waals surface area contributed by atoms with Gasteiger partial charge in [0.1, 0.15) is 0 Å². The minimum absolute atomic E-state index is 0.408. The molecule has 0 bridgehead atoms. The fourth-order valence-corrected chi connectivity index (χ4v) is 4.83. The number of hydrazine groups is 1. The fraction of sp³-hybridized carbons (Fsp3) is 0.606. The van der Waals surface area contributed by atoms with Gasteiger partial charge in [-0.15, -0.1) is 5.17 Å². The molecule has 0 aliphatic heterocycles. The number of hydroxylamine groups is 1. The molecular weight excluding hydrogens is 472 g/mol. The number of rotatable bonds is 23. The molecule has 0 unspecified atom stereocenters. The molecule has 1 N–H and O–H groups in total. The zero-order valence-electron chi connectivity index (χ0n) is 23.9. The van der Waals surface area contributed by atoms with Gasteiger partial charge in [-0.2, -0.15) is 5.01 Å². The average Bonchev–Trinajstić information content (AvgIpc) is 2.93. The van der Waals surface area contributed by atoms with Gasteiger partial charge in [0.2, 0.25) is 0 Å². The van der Waals surface area contributed by atoms with Crippen LogP contribution in [0.2, 0.25) is 0 Å². The Hall–Kier alpha value is -2.37. The Morgan fingerprint density at radius 3 is 1.34 bits per heavy atom. The van der Waals surface area contributed by atoms with Crippen molar-refractivity contribution in [3.63, 3.8) is 0 Å². The first-order chi connectivity index (χ1) is 18.7. The molecule has 0 saturated heterocycles. The Morgan fingerprint density at radius 2 is 0.974 bits per heavy atom. The summed E-state index contributed by atoms with van der Waals surface area (Å²) in [6.45, 7) is 3.60. The predicted octanol–water partition coefficient (Wildman–Crippen LogP) is 9.78. The van der Waals surface area contributed by atoms with E-state index in [1.165, 1.54) is 89.9 Å². The second kappa shape index (κ2) is 21.6. The SMILES string of the molecule is CCCCCCCCCCCCCCCCCCON(C(=O)O)N(Cc1ccccc1)Cc1ccccc1. The third kappa shape index (κ3) is 15.1. The van der Waals surface area contributed by atoms with Crippen LogP contribution in [0, 0.1) is 0 Å². The van der Waals surface area contributed by atoms with E-state index < -0.39 is 6.09 Å². The molecule has 38 heavy (non-hydrogen) atoms. The van der Waals surface area contributed by atoms with E-state index in [-0.39, 0.29) is 0 Å². The summed E-state index contributed by atoms with van der Waals surface area (Å²) in [5.74, 6) is 0. The highest BCUT2D eigenvalue weighted by atomic mass is 16.7. The van der Waals surface area contributed by atoms with E-state index in [1.54, 1.807) is 5.01 Å². The maximum Gasteiger partial charge on any atom is 0.447 e. The number of hydrogen-bond donors (Lipinski definition) is 1. The van der Waals surface area contributed by atoms with Gasteiger partial charge in [0.25, 0.3) is 0 Å². The van der Waals surface area contributed by atoms with Crippen molar-refractivity contribution in [3.8, 4) is 0 Å². The first kappa shape index (κ1) is 31.8. The highest BCUT2D eigenvalue weighted by Gasteiger charge is 2.23. The van der Waals surface area contributed by atoms with Gasteiger partial charge in [-0.25, -0.2) is 4.79 Å². The van der Waals surface area contributed by atoms with E-state index in [2.05, 4.69) is 6.92 Å². The minimum atomic E-state index is -1.09. The molecule has 5 heteroatoms. The number of unbranched alkanes of at least 4 members (excludes halogenated alkanes) is 15. The van der Waals surface area contributed by atoms with Crippen LogP contribution in [0.4, 0.5) is 4.79 Å². The van der Waals surface area contributed by atoms with Gasteiger partial charge in [-0.05, 0) is 17.5 Å². The molecule has 0 aromatic heterocycles. The Morgan fingerprint density at radius 1 is 0.605 bits per heavy atom. The Labute approximate surface area is 232 Å². The molecule has 0 aliphatic rings.